The highest BCUT2D eigenvalue weighted by molar-refractivity contribution is 6.34. The van der Waals surface area contributed by atoms with Gasteiger partial charge in [-0.15, -0.1) is 0 Å². The summed E-state index contributed by atoms with van der Waals surface area (Å²) in [5.41, 5.74) is 0.436. The van der Waals surface area contributed by atoms with Crippen LogP contribution in [-0.4, -0.2) is 18.9 Å². The molecule has 0 heterocycles. The molecule has 0 fully saturated rings. The van der Waals surface area contributed by atoms with Crippen molar-refractivity contribution >= 4 is 35.5 Å². The number of carbonyl (C=O) groups is 2. The van der Waals surface area contributed by atoms with Crippen molar-refractivity contribution in [2.24, 2.45) is 0 Å². The molecule has 0 spiro atoms. The van der Waals surface area contributed by atoms with Crippen molar-refractivity contribution in [3.63, 3.8) is 0 Å². The van der Waals surface area contributed by atoms with Gasteiger partial charge < -0.3 is 9.53 Å². The first kappa shape index (κ1) is 13.0. The number of hydrogen-bond donors (Lipinski definition) is 0. The molecule has 5 heteroatoms. The van der Waals surface area contributed by atoms with E-state index in [1.165, 1.54) is 18.2 Å². The van der Waals surface area contributed by atoms with Gasteiger partial charge in [0.1, 0.15) is 12.2 Å². The van der Waals surface area contributed by atoms with Crippen molar-refractivity contribution in [2.45, 2.75) is 12.8 Å². The Morgan fingerprint density at radius 3 is 2.38 bits per heavy atom. The summed E-state index contributed by atoms with van der Waals surface area (Å²) in [5.74, 6) is -1.58. The van der Waals surface area contributed by atoms with Crippen LogP contribution in [0.25, 0.3) is 0 Å². The Morgan fingerprint density at radius 1 is 1.38 bits per heavy atom. The van der Waals surface area contributed by atoms with Gasteiger partial charge in [0.15, 0.2) is 0 Å². The van der Waals surface area contributed by atoms with Crippen LogP contribution in [0, 0.1) is 0 Å². The largest absolute Gasteiger partial charge is 0.465 e. The maximum Gasteiger partial charge on any atom is 0.320 e. The molecule has 1 rings (SSSR count). The quantitative estimate of drug-likeness (QED) is 0.475. The number of rotatable bonds is 4. The summed E-state index contributed by atoms with van der Waals surface area (Å²) in [5, 5.41) is 0.747. The van der Waals surface area contributed by atoms with Crippen LogP contribution >= 0.6 is 23.2 Å². The van der Waals surface area contributed by atoms with Gasteiger partial charge in [0.2, 0.25) is 0 Å². The second kappa shape index (κ2) is 5.87. The topological polar surface area (TPSA) is 43.4 Å². The molecule has 0 amide bonds. The first-order valence-corrected chi connectivity index (χ1v) is 5.42. The Bertz CT molecular complexity index is 384. The summed E-state index contributed by atoms with van der Waals surface area (Å²) in [6.07, 6.45) is 0.514. The summed E-state index contributed by atoms with van der Waals surface area (Å²) < 4.78 is 4.77. The molecule has 1 aromatic carbocycles. The summed E-state index contributed by atoms with van der Waals surface area (Å²) in [6.45, 7) is 1.89. The summed E-state index contributed by atoms with van der Waals surface area (Å²) in [4.78, 5) is 22.3. The summed E-state index contributed by atoms with van der Waals surface area (Å²) >= 11 is 11.6. The predicted molar refractivity (Wildman–Crippen MR) is 61.9 cm³/mol. The fraction of sp³-hybridized carbons (Fsp3) is 0.273. The number of ether oxygens (including phenoxy) is 1. The molecule has 1 atom stereocenters. The molecule has 0 aliphatic rings. The highest BCUT2D eigenvalue weighted by Gasteiger charge is 2.21. The Balaban J connectivity index is 3.03. The van der Waals surface area contributed by atoms with Gasteiger partial charge in [-0.05, 0) is 30.7 Å². The minimum absolute atomic E-state index is 0.220. The average Bonchev–Trinajstić information content (AvgIpc) is 2.17. The van der Waals surface area contributed by atoms with Crippen LogP contribution < -0.4 is 0 Å². The SMILES string of the molecule is CCOC(=O)C(C=O)c1cc(Cl)cc(Cl)c1. The van der Waals surface area contributed by atoms with Gasteiger partial charge >= 0.3 is 5.97 Å². The lowest BCUT2D eigenvalue weighted by atomic mass is 10.0. The summed E-state index contributed by atoms with van der Waals surface area (Å²) in [6, 6.07) is 4.56. The van der Waals surface area contributed by atoms with Crippen molar-refractivity contribution < 1.29 is 14.3 Å². The van der Waals surface area contributed by atoms with Gasteiger partial charge in [-0.2, -0.15) is 0 Å². The summed E-state index contributed by atoms with van der Waals surface area (Å²) in [7, 11) is 0. The van der Waals surface area contributed by atoms with Crippen LogP contribution in [0.15, 0.2) is 18.2 Å². The molecule has 3 nitrogen and oxygen atoms in total. The third kappa shape index (κ3) is 3.22. The maximum atomic E-state index is 11.5. The van der Waals surface area contributed by atoms with E-state index >= 15 is 0 Å². The Hall–Kier alpha value is -1.06. The van der Waals surface area contributed by atoms with E-state index in [-0.39, 0.29) is 6.61 Å². The van der Waals surface area contributed by atoms with Gasteiger partial charge in [0, 0.05) is 10.0 Å². The highest BCUT2D eigenvalue weighted by atomic mass is 35.5. The molecule has 0 N–H and O–H groups in total. The normalized spacial score (nSPS) is 11.9. The van der Waals surface area contributed by atoms with E-state index in [0.29, 0.717) is 21.9 Å². The van der Waals surface area contributed by atoms with Crippen LogP contribution in [-0.2, 0) is 14.3 Å². The lowest BCUT2D eigenvalue weighted by molar-refractivity contribution is -0.146. The van der Waals surface area contributed by atoms with Crippen LogP contribution in [0.1, 0.15) is 18.4 Å². The van der Waals surface area contributed by atoms with Gasteiger partial charge in [-0.1, -0.05) is 23.2 Å². The minimum Gasteiger partial charge on any atom is -0.465 e. The number of halogens is 2. The molecule has 0 aromatic heterocycles. The van der Waals surface area contributed by atoms with E-state index in [1.807, 2.05) is 0 Å². The number of carbonyl (C=O) groups excluding carboxylic acids is 2. The van der Waals surface area contributed by atoms with Crippen molar-refractivity contribution in [2.75, 3.05) is 6.61 Å². The van der Waals surface area contributed by atoms with Crippen molar-refractivity contribution in [3.05, 3.63) is 33.8 Å². The molecule has 0 saturated carbocycles. The lowest BCUT2D eigenvalue weighted by Gasteiger charge is -2.10. The third-order valence-electron chi connectivity index (χ3n) is 1.92. The van der Waals surface area contributed by atoms with Crippen molar-refractivity contribution in [1.82, 2.24) is 0 Å². The zero-order chi connectivity index (χ0) is 12.1. The van der Waals surface area contributed by atoms with Crippen molar-refractivity contribution in [1.29, 1.82) is 0 Å². The Morgan fingerprint density at radius 2 is 1.94 bits per heavy atom. The molecule has 86 valence electrons. The molecule has 0 aliphatic carbocycles. The second-order valence-electron chi connectivity index (χ2n) is 3.07. The zero-order valence-electron chi connectivity index (χ0n) is 8.57. The molecule has 0 radical (unpaired) electrons. The number of aldehydes is 1. The number of esters is 1. The molecule has 0 saturated heterocycles. The van der Waals surface area contributed by atoms with Crippen molar-refractivity contribution in [3.8, 4) is 0 Å². The predicted octanol–water partition coefficient (Wildman–Crippen LogP) is 2.84. The van der Waals surface area contributed by atoms with Gasteiger partial charge in [0.25, 0.3) is 0 Å². The zero-order valence-corrected chi connectivity index (χ0v) is 10.1. The van der Waals surface area contributed by atoms with Gasteiger partial charge in [0.05, 0.1) is 6.61 Å². The van der Waals surface area contributed by atoms with Gasteiger partial charge in [-0.3, -0.25) is 4.79 Å². The maximum absolute atomic E-state index is 11.5. The number of hydrogen-bond acceptors (Lipinski definition) is 3. The molecule has 1 unspecified atom stereocenters. The van der Waals surface area contributed by atoms with Crippen LogP contribution in [0.4, 0.5) is 0 Å². The fourth-order valence-corrected chi connectivity index (χ4v) is 1.80. The first-order chi connectivity index (χ1) is 7.58. The smallest absolute Gasteiger partial charge is 0.320 e. The molecule has 1 aromatic rings. The number of benzene rings is 1. The van der Waals surface area contributed by atoms with E-state index in [9.17, 15) is 9.59 Å². The van der Waals surface area contributed by atoms with Crippen LogP contribution in [0.5, 0.6) is 0 Å². The third-order valence-corrected chi connectivity index (χ3v) is 2.36. The second-order valence-corrected chi connectivity index (χ2v) is 3.94. The average molecular weight is 261 g/mol. The minimum atomic E-state index is -0.976. The molecular formula is C11H10Cl2O3. The van der Waals surface area contributed by atoms with E-state index in [1.54, 1.807) is 6.92 Å². The van der Waals surface area contributed by atoms with E-state index in [4.69, 9.17) is 27.9 Å². The lowest BCUT2D eigenvalue weighted by Crippen LogP contribution is -2.17. The van der Waals surface area contributed by atoms with Crippen LogP contribution in [0.2, 0.25) is 10.0 Å². The van der Waals surface area contributed by atoms with E-state index in [2.05, 4.69) is 0 Å². The van der Waals surface area contributed by atoms with Crippen LogP contribution in [0.3, 0.4) is 0 Å². The molecule has 0 aliphatic heterocycles. The van der Waals surface area contributed by atoms with E-state index in [0.717, 1.165) is 0 Å². The molecule has 16 heavy (non-hydrogen) atoms. The first-order valence-electron chi connectivity index (χ1n) is 4.66. The monoisotopic (exact) mass is 260 g/mol. The van der Waals surface area contributed by atoms with Gasteiger partial charge in [-0.25, -0.2) is 0 Å². The highest BCUT2D eigenvalue weighted by Crippen LogP contribution is 2.24. The Labute approximate surface area is 103 Å². The molecule has 0 bridgehead atoms. The molecular weight excluding hydrogens is 251 g/mol. The fourth-order valence-electron chi connectivity index (χ4n) is 1.26. The standard InChI is InChI=1S/C11H10Cl2O3/c1-2-16-11(15)10(6-14)7-3-8(12)5-9(13)4-7/h3-6,10H,2H2,1H3. The Kier molecular flexibility index (Phi) is 4.77. The van der Waals surface area contributed by atoms with E-state index < -0.39 is 11.9 Å².